The van der Waals surface area contributed by atoms with E-state index in [2.05, 4.69) is 5.32 Å². The number of rotatable bonds is 5. The summed E-state index contributed by atoms with van der Waals surface area (Å²) in [6.07, 6.45) is -0.106. The summed E-state index contributed by atoms with van der Waals surface area (Å²) < 4.78 is 0. The predicted octanol–water partition coefficient (Wildman–Crippen LogP) is -3.42. The van der Waals surface area contributed by atoms with Gasteiger partial charge in [-0.05, 0) is 6.42 Å². The summed E-state index contributed by atoms with van der Waals surface area (Å²) >= 11 is 0. The topological polar surface area (TPSA) is 122 Å². The van der Waals surface area contributed by atoms with Crippen molar-refractivity contribution in [1.29, 1.82) is 0 Å². The van der Waals surface area contributed by atoms with Crippen molar-refractivity contribution in [3.63, 3.8) is 0 Å². The van der Waals surface area contributed by atoms with Gasteiger partial charge in [0.05, 0.1) is 0 Å². The van der Waals surface area contributed by atoms with Gasteiger partial charge in [-0.25, -0.2) is 0 Å². The average Bonchev–Trinajstić information content (AvgIpc) is 2.16. The standard InChI is InChI=1S/C8H17N2O5P/c11-8(12)7-6-10(4-2-9-7)3-1-5-16(13,14)15/h7,9H,1-6H2,(H,11,12)(H2,13,14,15)/p-2/t7-/m1/s1. The van der Waals surface area contributed by atoms with Crippen molar-refractivity contribution in [2.24, 2.45) is 0 Å². The maximum Gasteiger partial charge on any atom is 0.322 e. The smallest absolute Gasteiger partial charge is 0.322 e. The largest absolute Gasteiger partial charge is 0.688 e. The highest BCUT2D eigenvalue weighted by atomic mass is 31.2. The van der Waals surface area contributed by atoms with Crippen LogP contribution in [0.2, 0.25) is 0 Å². The molecule has 2 N–H and O–H groups in total. The van der Waals surface area contributed by atoms with Crippen molar-refractivity contribution in [1.82, 2.24) is 10.2 Å². The van der Waals surface area contributed by atoms with E-state index in [1.807, 2.05) is 4.90 Å². The van der Waals surface area contributed by atoms with E-state index in [9.17, 15) is 19.5 Å². The molecule has 0 aliphatic carbocycles. The quantitative estimate of drug-likeness (QED) is 0.487. The second-order valence-corrected chi connectivity index (χ2v) is 5.50. The predicted molar refractivity (Wildman–Crippen MR) is 52.3 cm³/mol. The second-order valence-electron chi connectivity index (χ2n) is 3.83. The van der Waals surface area contributed by atoms with Gasteiger partial charge in [0.1, 0.15) is 6.04 Å². The Labute approximate surface area is 94.3 Å². The summed E-state index contributed by atoms with van der Waals surface area (Å²) in [5, 5.41) is 11.6. The zero-order valence-corrected chi connectivity index (χ0v) is 9.69. The summed E-state index contributed by atoms with van der Waals surface area (Å²) in [6, 6.07) is -0.611. The van der Waals surface area contributed by atoms with Gasteiger partial charge in [0.15, 0.2) is 0 Å². The van der Waals surface area contributed by atoms with E-state index in [1.165, 1.54) is 0 Å². The highest BCUT2D eigenvalue weighted by Crippen LogP contribution is 2.28. The monoisotopic (exact) mass is 250 g/mol. The molecule has 94 valence electrons. The fraction of sp³-hybridized carbons (Fsp3) is 0.875. The van der Waals surface area contributed by atoms with Gasteiger partial charge in [-0.2, -0.15) is 7.94 Å². The van der Waals surface area contributed by atoms with Crippen LogP contribution in [0.1, 0.15) is 6.42 Å². The normalized spacial score (nSPS) is 23.3. The molecule has 1 rings (SSSR count). The van der Waals surface area contributed by atoms with Gasteiger partial charge in [0.25, 0.3) is 0 Å². The van der Waals surface area contributed by atoms with Crippen LogP contribution in [0.5, 0.6) is 0 Å². The molecule has 1 atom stereocenters. The SMILES string of the molecule is O=C(O)[C@H]1CN(CCC[P+]([O-])([O-])[O-])CCN1. The molecule has 0 saturated carbocycles. The molecule has 0 bridgehead atoms. The van der Waals surface area contributed by atoms with Crippen LogP contribution in [0.3, 0.4) is 0 Å². The third kappa shape index (κ3) is 5.16. The molecule has 0 amide bonds. The van der Waals surface area contributed by atoms with Gasteiger partial charge in [-0.15, -0.1) is 0 Å². The molecular formula is C8H15N2O5P-2. The molecule has 7 nitrogen and oxygen atoms in total. The Morgan fingerprint density at radius 1 is 1.50 bits per heavy atom. The van der Waals surface area contributed by atoms with Crippen LogP contribution in [0.4, 0.5) is 0 Å². The zero-order valence-electron chi connectivity index (χ0n) is 8.79. The number of nitrogens with zero attached hydrogens (tertiary/aromatic N) is 1. The molecule has 1 aliphatic heterocycles. The molecule has 16 heavy (non-hydrogen) atoms. The second kappa shape index (κ2) is 5.86. The molecule has 0 spiro atoms. The molecule has 1 aliphatic rings. The van der Waals surface area contributed by atoms with E-state index in [0.29, 0.717) is 26.2 Å². The Kier molecular flexibility index (Phi) is 5.04. The number of hydrogen-bond donors (Lipinski definition) is 2. The lowest BCUT2D eigenvalue weighted by Gasteiger charge is -2.42. The van der Waals surface area contributed by atoms with Crippen molar-refractivity contribution in [3.8, 4) is 0 Å². The van der Waals surface area contributed by atoms with Crippen LogP contribution in [0.25, 0.3) is 0 Å². The first-order valence-electron chi connectivity index (χ1n) is 5.08. The Bertz CT molecular complexity index is 245. The molecule has 1 heterocycles. The Hall–Kier alpha value is -0.300. The fourth-order valence-electron chi connectivity index (χ4n) is 1.67. The molecule has 0 aromatic carbocycles. The van der Waals surface area contributed by atoms with Gasteiger partial charge in [0, 0.05) is 32.3 Å². The lowest BCUT2D eigenvalue weighted by atomic mass is 10.2. The fourth-order valence-corrected chi connectivity index (χ4v) is 2.20. The van der Waals surface area contributed by atoms with Gasteiger partial charge in [0.2, 0.25) is 0 Å². The van der Waals surface area contributed by atoms with Gasteiger partial charge < -0.3 is 25.1 Å². The van der Waals surface area contributed by atoms with E-state index >= 15 is 0 Å². The number of carboxylic acid groups (broad SMARTS) is 1. The van der Waals surface area contributed by atoms with Crippen molar-refractivity contribution in [3.05, 3.63) is 0 Å². The van der Waals surface area contributed by atoms with Crippen molar-refractivity contribution < 1.29 is 24.6 Å². The summed E-state index contributed by atoms with van der Waals surface area (Å²) in [6.45, 7) is 2.02. The molecule has 0 unspecified atom stereocenters. The van der Waals surface area contributed by atoms with Gasteiger partial charge >= 0.3 is 5.97 Å². The van der Waals surface area contributed by atoms with E-state index in [0.717, 1.165) is 0 Å². The molecule has 1 saturated heterocycles. The lowest BCUT2D eigenvalue weighted by molar-refractivity contribution is -0.427. The van der Waals surface area contributed by atoms with Gasteiger partial charge in [-0.3, -0.25) is 9.69 Å². The lowest BCUT2D eigenvalue weighted by Crippen LogP contribution is -2.54. The highest BCUT2D eigenvalue weighted by molar-refractivity contribution is 7.54. The van der Waals surface area contributed by atoms with E-state index in [4.69, 9.17) is 5.11 Å². The zero-order chi connectivity index (χ0) is 12.2. The third-order valence-corrected chi connectivity index (χ3v) is 3.33. The maximum atomic E-state index is 10.7. The van der Waals surface area contributed by atoms with Gasteiger partial charge in [-0.1, -0.05) is 0 Å². The van der Waals surface area contributed by atoms with Crippen LogP contribution in [0, 0.1) is 0 Å². The maximum absolute atomic E-state index is 10.7. The first-order valence-corrected chi connectivity index (χ1v) is 6.81. The molecular weight excluding hydrogens is 235 g/mol. The summed E-state index contributed by atoms with van der Waals surface area (Å²) in [7, 11) is -4.43. The Morgan fingerprint density at radius 2 is 2.19 bits per heavy atom. The van der Waals surface area contributed by atoms with Crippen LogP contribution in [0.15, 0.2) is 0 Å². The third-order valence-electron chi connectivity index (χ3n) is 2.46. The summed E-state index contributed by atoms with van der Waals surface area (Å²) in [5.41, 5.74) is 0. The van der Waals surface area contributed by atoms with Crippen molar-refractivity contribution in [2.45, 2.75) is 12.5 Å². The number of hydrogen-bond acceptors (Lipinski definition) is 6. The number of carbonyl (C=O) groups is 1. The van der Waals surface area contributed by atoms with Crippen LogP contribution in [-0.2, 0) is 4.79 Å². The number of aliphatic carboxylic acids is 1. The molecule has 8 heteroatoms. The minimum Gasteiger partial charge on any atom is -0.688 e. The average molecular weight is 250 g/mol. The first-order chi connectivity index (χ1) is 7.38. The minimum absolute atomic E-state index is 0.261. The van der Waals surface area contributed by atoms with E-state index < -0.39 is 20.0 Å². The number of carboxylic acids is 1. The van der Waals surface area contributed by atoms with Crippen LogP contribution in [-0.4, -0.2) is 54.4 Å². The number of nitrogens with one attached hydrogen (secondary N) is 1. The molecule has 0 aromatic heterocycles. The number of piperazine rings is 1. The van der Waals surface area contributed by atoms with Crippen LogP contribution < -0.4 is 20.0 Å². The molecule has 0 radical (unpaired) electrons. The summed E-state index contributed by atoms with van der Waals surface area (Å²) in [4.78, 5) is 43.7. The summed E-state index contributed by atoms with van der Waals surface area (Å²) in [5.74, 6) is -0.914. The highest BCUT2D eigenvalue weighted by Gasteiger charge is 2.24. The molecule has 0 aromatic rings. The van der Waals surface area contributed by atoms with Crippen LogP contribution >= 0.6 is 7.94 Å². The first kappa shape index (κ1) is 13.8. The molecule has 1 fully saturated rings. The Balaban J connectivity index is 2.24. The van der Waals surface area contributed by atoms with E-state index in [-0.39, 0.29) is 12.6 Å². The van der Waals surface area contributed by atoms with Crippen molar-refractivity contribution in [2.75, 3.05) is 32.3 Å². The minimum atomic E-state index is -4.43. The van der Waals surface area contributed by atoms with Crippen molar-refractivity contribution >= 4 is 13.9 Å². The van der Waals surface area contributed by atoms with E-state index in [1.54, 1.807) is 0 Å². The Morgan fingerprint density at radius 3 is 2.75 bits per heavy atom.